The smallest absolute Gasteiger partial charge is 0.303 e. The third-order valence-corrected chi connectivity index (χ3v) is 3.65. The summed E-state index contributed by atoms with van der Waals surface area (Å²) in [6.07, 6.45) is 0.704. The highest BCUT2D eigenvalue weighted by Crippen LogP contribution is 2.11. The van der Waals surface area contributed by atoms with Gasteiger partial charge in [-0.1, -0.05) is 0 Å². The summed E-state index contributed by atoms with van der Waals surface area (Å²) in [5.74, 6) is -0.682. The number of ether oxygens (including phenoxy) is 1. The summed E-state index contributed by atoms with van der Waals surface area (Å²) in [7, 11) is 0. The van der Waals surface area contributed by atoms with Gasteiger partial charge in [-0.15, -0.1) is 0 Å². The van der Waals surface area contributed by atoms with Crippen molar-refractivity contribution in [2.45, 2.75) is 45.7 Å². The van der Waals surface area contributed by atoms with Gasteiger partial charge in [0.25, 0.3) is 0 Å². The Hall–Kier alpha value is -1.14. The molecule has 0 spiro atoms. The first-order valence-electron chi connectivity index (χ1n) is 7.27. The Morgan fingerprint density at radius 3 is 2.35 bits per heavy atom. The summed E-state index contributed by atoms with van der Waals surface area (Å²) >= 11 is 0. The van der Waals surface area contributed by atoms with Gasteiger partial charge in [-0.3, -0.25) is 14.5 Å². The molecule has 0 aliphatic carbocycles. The second-order valence-electron chi connectivity index (χ2n) is 5.44. The quantitative estimate of drug-likeness (QED) is 0.750. The van der Waals surface area contributed by atoms with Gasteiger partial charge in [0.15, 0.2) is 0 Å². The fraction of sp³-hybridized carbons (Fsp3) is 0.857. The first-order valence-corrected chi connectivity index (χ1v) is 7.27. The predicted molar refractivity (Wildman–Crippen MR) is 75.6 cm³/mol. The fourth-order valence-corrected chi connectivity index (χ4v) is 2.50. The van der Waals surface area contributed by atoms with Crippen molar-refractivity contribution in [2.75, 3.05) is 32.8 Å². The van der Waals surface area contributed by atoms with Crippen LogP contribution in [0.3, 0.4) is 0 Å². The van der Waals surface area contributed by atoms with Crippen molar-refractivity contribution in [3.8, 4) is 0 Å². The SMILES string of the molecule is CC(C)N(CCCC(=O)O)C(C)C(=O)N1CCOCC1. The van der Waals surface area contributed by atoms with E-state index < -0.39 is 5.97 Å². The van der Waals surface area contributed by atoms with Crippen molar-refractivity contribution >= 4 is 11.9 Å². The van der Waals surface area contributed by atoms with Crippen LogP contribution in [0.1, 0.15) is 33.6 Å². The van der Waals surface area contributed by atoms with Gasteiger partial charge in [-0.2, -0.15) is 0 Å². The number of morpholine rings is 1. The molecule has 1 unspecified atom stereocenters. The van der Waals surface area contributed by atoms with Gasteiger partial charge in [0.1, 0.15) is 0 Å². The van der Waals surface area contributed by atoms with Crippen LogP contribution >= 0.6 is 0 Å². The zero-order valence-electron chi connectivity index (χ0n) is 12.7. The molecule has 1 aliphatic heterocycles. The second-order valence-corrected chi connectivity index (χ2v) is 5.44. The predicted octanol–water partition coefficient (Wildman–Crippen LogP) is 0.809. The molecular formula is C14H26N2O4. The van der Waals surface area contributed by atoms with Crippen LogP contribution in [0.25, 0.3) is 0 Å². The van der Waals surface area contributed by atoms with E-state index in [1.54, 1.807) is 0 Å². The number of nitrogens with zero attached hydrogens (tertiary/aromatic N) is 2. The molecule has 1 heterocycles. The van der Waals surface area contributed by atoms with Crippen molar-refractivity contribution in [1.29, 1.82) is 0 Å². The van der Waals surface area contributed by atoms with Gasteiger partial charge in [-0.25, -0.2) is 0 Å². The van der Waals surface area contributed by atoms with E-state index in [1.807, 2.05) is 25.7 Å². The monoisotopic (exact) mass is 286 g/mol. The van der Waals surface area contributed by atoms with Crippen molar-refractivity contribution in [1.82, 2.24) is 9.80 Å². The van der Waals surface area contributed by atoms with Gasteiger partial charge >= 0.3 is 5.97 Å². The Bertz CT molecular complexity index is 327. The molecule has 0 aromatic heterocycles. The first kappa shape index (κ1) is 16.9. The third-order valence-electron chi connectivity index (χ3n) is 3.65. The molecule has 1 rings (SSSR count). The number of rotatable bonds is 7. The number of carbonyl (C=O) groups is 2. The van der Waals surface area contributed by atoms with Crippen LogP contribution in [0.2, 0.25) is 0 Å². The van der Waals surface area contributed by atoms with Gasteiger partial charge in [-0.05, 0) is 33.7 Å². The van der Waals surface area contributed by atoms with E-state index in [4.69, 9.17) is 9.84 Å². The molecule has 0 saturated carbocycles. The van der Waals surface area contributed by atoms with E-state index >= 15 is 0 Å². The minimum Gasteiger partial charge on any atom is -0.481 e. The van der Waals surface area contributed by atoms with Crippen LogP contribution in [0.15, 0.2) is 0 Å². The van der Waals surface area contributed by atoms with Gasteiger partial charge in [0.05, 0.1) is 19.3 Å². The molecule has 6 heteroatoms. The normalized spacial score (nSPS) is 17.6. The molecule has 20 heavy (non-hydrogen) atoms. The van der Waals surface area contributed by atoms with Crippen LogP contribution in [-0.2, 0) is 14.3 Å². The minimum atomic E-state index is -0.791. The summed E-state index contributed by atoms with van der Waals surface area (Å²) in [5.41, 5.74) is 0. The molecule has 1 fully saturated rings. The molecule has 1 atom stereocenters. The average molecular weight is 286 g/mol. The maximum absolute atomic E-state index is 12.5. The number of carbonyl (C=O) groups excluding carboxylic acids is 1. The molecule has 0 bridgehead atoms. The number of amides is 1. The van der Waals surface area contributed by atoms with Crippen LogP contribution in [-0.4, -0.2) is 71.7 Å². The van der Waals surface area contributed by atoms with Crippen LogP contribution in [0.5, 0.6) is 0 Å². The topological polar surface area (TPSA) is 70.1 Å². The van der Waals surface area contributed by atoms with E-state index in [-0.39, 0.29) is 24.4 Å². The van der Waals surface area contributed by atoms with E-state index in [9.17, 15) is 9.59 Å². The summed E-state index contributed by atoms with van der Waals surface area (Å²) in [6, 6.07) is -0.00863. The molecule has 1 amide bonds. The lowest BCUT2D eigenvalue weighted by atomic mass is 10.1. The molecule has 6 nitrogen and oxygen atoms in total. The highest BCUT2D eigenvalue weighted by molar-refractivity contribution is 5.81. The zero-order valence-corrected chi connectivity index (χ0v) is 12.7. The van der Waals surface area contributed by atoms with Crippen LogP contribution < -0.4 is 0 Å². The van der Waals surface area contributed by atoms with E-state index in [1.165, 1.54) is 0 Å². The van der Waals surface area contributed by atoms with E-state index in [0.29, 0.717) is 39.3 Å². The zero-order chi connectivity index (χ0) is 15.1. The largest absolute Gasteiger partial charge is 0.481 e. The summed E-state index contributed by atoms with van der Waals surface area (Å²) in [5, 5.41) is 8.71. The van der Waals surface area contributed by atoms with Crippen LogP contribution in [0, 0.1) is 0 Å². The maximum atomic E-state index is 12.5. The lowest BCUT2D eigenvalue weighted by Crippen LogP contribution is -2.52. The summed E-state index contributed by atoms with van der Waals surface area (Å²) in [6.45, 7) is 9.07. The van der Waals surface area contributed by atoms with Crippen molar-refractivity contribution in [2.24, 2.45) is 0 Å². The summed E-state index contributed by atoms with van der Waals surface area (Å²) < 4.78 is 5.26. The Balaban J connectivity index is 2.55. The minimum absolute atomic E-state index is 0.109. The standard InChI is InChI=1S/C14H26N2O4/c1-11(2)16(6-4-5-13(17)18)12(3)14(19)15-7-9-20-10-8-15/h11-12H,4-10H2,1-3H3,(H,17,18). The number of hydrogen-bond donors (Lipinski definition) is 1. The lowest BCUT2D eigenvalue weighted by Gasteiger charge is -2.36. The van der Waals surface area contributed by atoms with Crippen LogP contribution in [0.4, 0.5) is 0 Å². The van der Waals surface area contributed by atoms with Crippen molar-refractivity contribution in [3.63, 3.8) is 0 Å². The lowest BCUT2D eigenvalue weighted by molar-refractivity contribution is -0.141. The highest BCUT2D eigenvalue weighted by Gasteiger charge is 2.28. The van der Waals surface area contributed by atoms with Gasteiger partial charge in [0, 0.05) is 25.6 Å². The number of aliphatic carboxylic acids is 1. The first-order chi connectivity index (χ1) is 9.43. The van der Waals surface area contributed by atoms with Gasteiger partial charge < -0.3 is 14.7 Å². The Labute approximate surface area is 120 Å². The molecular weight excluding hydrogens is 260 g/mol. The molecule has 0 radical (unpaired) electrons. The average Bonchev–Trinajstić information content (AvgIpc) is 2.42. The second kappa shape index (κ2) is 8.21. The molecule has 0 aromatic carbocycles. The Morgan fingerprint density at radius 1 is 1.25 bits per heavy atom. The molecule has 0 aromatic rings. The molecule has 1 aliphatic rings. The van der Waals surface area contributed by atoms with Crippen molar-refractivity contribution < 1.29 is 19.4 Å². The number of carboxylic acids is 1. The highest BCUT2D eigenvalue weighted by atomic mass is 16.5. The molecule has 1 saturated heterocycles. The van der Waals surface area contributed by atoms with E-state index in [0.717, 1.165) is 0 Å². The molecule has 116 valence electrons. The maximum Gasteiger partial charge on any atom is 0.303 e. The third kappa shape index (κ3) is 5.09. The fourth-order valence-electron chi connectivity index (χ4n) is 2.50. The van der Waals surface area contributed by atoms with E-state index in [2.05, 4.69) is 4.90 Å². The number of carboxylic acid groups (broad SMARTS) is 1. The van der Waals surface area contributed by atoms with Crippen molar-refractivity contribution in [3.05, 3.63) is 0 Å². The number of hydrogen-bond acceptors (Lipinski definition) is 4. The molecule has 1 N–H and O–H groups in total. The summed E-state index contributed by atoms with van der Waals surface area (Å²) in [4.78, 5) is 27.0. The Morgan fingerprint density at radius 2 is 1.85 bits per heavy atom. The Kier molecular flexibility index (Phi) is 6.95. The van der Waals surface area contributed by atoms with Gasteiger partial charge in [0.2, 0.25) is 5.91 Å².